The van der Waals surface area contributed by atoms with E-state index in [-0.39, 0.29) is 28.1 Å². The van der Waals surface area contributed by atoms with E-state index in [1.54, 1.807) is 17.0 Å². The number of amides is 1. The largest absolute Gasteiger partial charge is 0.368 e. The molecule has 2 aromatic rings. The highest BCUT2D eigenvalue weighted by atomic mass is 35.5. The SMILES string of the molecule is O=C1C(Nc2ccc(Cl)cc2[N+](=O)[O-])CCN1Cc1ccc(F)cc1. The number of benzene rings is 2. The zero-order valence-electron chi connectivity index (χ0n) is 13.1. The van der Waals surface area contributed by atoms with Crippen LogP contribution in [0.4, 0.5) is 15.8 Å². The molecule has 0 aromatic heterocycles. The van der Waals surface area contributed by atoms with Crippen molar-refractivity contribution in [2.75, 3.05) is 11.9 Å². The lowest BCUT2D eigenvalue weighted by Gasteiger charge is -2.18. The number of nitro groups is 1. The number of hydrogen-bond donors (Lipinski definition) is 1. The third-order valence-electron chi connectivity index (χ3n) is 4.07. The maximum Gasteiger partial charge on any atom is 0.293 e. The number of hydrogen-bond acceptors (Lipinski definition) is 4. The lowest BCUT2D eigenvalue weighted by molar-refractivity contribution is -0.384. The van der Waals surface area contributed by atoms with Crippen LogP contribution in [-0.2, 0) is 11.3 Å². The Labute approximate surface area is 148 Å². The molecule has 0 spiro atoms. The van der Waals surface area contributed by atoms with Gasteiger partial charge in [-0.05, 0) is 36.2 Å². The molecule has 0 aliphatic carbocycles. The molecule has 0 saturated carbocycles. The molecule has 1 unspecified atom stereocenters. The van der Waals surface area contributed by atoms with Gasteiger partial charge in [-0.2, -0.15) is 0 Å². The summed E-state index contributed by atoms with van der Waals surface area (Å²) in [6, 6.07) is 9.70. The standard InChI is InChI=1S/C17H15ClFN3O3/c18-12-3-6-14(16(9-12)22(24)25)20-15-7-8-21(17(15)23)10-11-1-4-13(19)5-2-11/h1-6,9,15,20H,7-8,10H2. The van der Waals surface area contributed by atoms with Gasteiger partial charge in [0.05, 0.1) is 4.92 Å². The average Bonchev–Trinajstić information content (AvgIpc) is 2.91. The smallest absolute Gasteiger partial charge is 0.293 e. The minimum absolute atomic E-state index is 0.145. The molecule has 1 atom stereocenters. The number of likely N-dealkylation sites (tertiary alicyclic amines) is 1. The summed E-state index contributed by atoms with van der Waals surface area (Å²) >= 11 is 5.80. The fraction of sp³-hybridized carbons (Fsp3) is 0.235. The third kappa shape index (κ3) is 3.88. The van der Waals surface area contributed by atoms with Crippen LogP contribution in [0.3, 0.4) is 0 Å². The molecule has 2 aromatic carbocycles. The Balaban J connectivity index is 1.70. The van der Waals surface area contributed by atoms with Crippen molar-refractivity contribution < 1.29 is 14.1 Å². The van der Waals surface area contributed by atoms with Gasteiger partial charge in [0.25, 0.3) is 5.69 Å². The number of nitro benzene ring substituents is 1. The average molecular weight is 364 g/mol. The molecule has 25 heavy (non-hydrogen) atoms. The highest BCUT2D eigenvalue weighted by Gasteiger charge is 2.32. The maximum atomic E-state index is 13.0. The van der Waals surface area contributed by atoms with Gasteiger partial charge in [-0.3, -0.25) is 14.9 Å². The molecule has 1 N–H and O–H groups in total. The van der Waals surface area contributed by atoms with Gasteiger partial charge in [-0.25, -0.2) is 4.39 Å². The third-order valence-corrected chi connectivity index (χ3v) is 4.31. The number of anilines is 1. The van der Waals surface area contributed by atoms with Gasteiger partial charge in [0.15, 0.2) is 0 Å². The van der Waals surface area contributed by atoms with Crippen LogP contribution in [0, 0.1) is 15.9 Å². The van der Waals surface area contributed by atoms with Crippen molar-refractivity contribution in [2.45, 2.75) is 19.0 Å². The molecular weight excluding hydrogens is 349 g/mol. The maximum absolute atomic E-state index is 13.0. The first-order chi connectivity index (χ1) is 11.9. The van der Waals surface area contributed by atoms with Gasteiger partial charge in [-0.15, -0.1) is 0 Å². The first kappa shape index (κ1) is 17.2. The topological polar surface area (TPSA) is 75.5 Å². The van der Waals surface area contributed by atoms with E-state index in [0.29, 0.717) is 19.5 Å². The summed E-state index contributed by atoms with van der Waals surface area (Å²) in [5, 5.41) is 14.3. The van der Waals surface area contributed by atoms with Gasteiger partial charge >= 0.3 is 0 Å². The molecule has 8 heteroatoms. The van der Waals surface area contributed by atoms with E-state index >= 15 is 0 Å². The van der Waals surface area contributed by atoms with Crippen molar-refractivity contribution in [3.63, 3.8) is 0 Å². The first-order valence-corrected chi connectivity index (χ1v) is 8.05. The van der Waals surface area contributed by atoms with Crippen LogP contribution in [0.15, 0.2) is 42.5 Å². The lowest BCUT2D eigenvalue weighted by atomic mass is 10.2. The van der Waals surface area contributed by atoms with E-state index in [0.717, 1.165) is 5.56 Å². The quantitative estimate of drug-likeness (QED) is 0.650. The molecule has 1 saturated heterocycles. The van der Waals surface area contributed by atoms with Crippen molar-refractivity contribution in [2.24, 2.45) is 0 Å². The molecule has 1 fully saturated rings. The summed E-state index contributed by atoms with van der Waals surface area (Å²) in [5.41, 5.74) is 0.918. The molecule has 1 amide bonds. The number of nitrogens with zero attached hydrogens (tertiary/aromatic N) is 2. The van der Waals surface area contributed by atoms with Gasteiger partial charge in [0, 0.05) is 24.2 Å². The summed E-state index contributed by atoms with van der Waals surface area (Å²) in [6.45, 7) is 0.898. The van der Waals surface area contributed by atoms with Crippen molar-refractivity contribution in [3.05, 3.63) is 69.0 Å². The summed E-state index contributed by atoms with van der Waals surface area (Å²) in [4.78, 5) is 24.8. The van der Waals surface area contributed by atoms with Crippen LogP contribution >= 0.6 is 11.6 Å². The first-order valence-electron chi connectivity index (χ1n) is 7.68. The van der Waals surface area contributed by atoms with Crippen molar-refractivity contribution >= 4 is 28.9 Å². The van der Waals surface area contributed by atoms with E-state index in [2.05, 4.69) is 5.32 Å². The number of halogens is 2. The summed E-state index contributed by atoms with van der Waals surface area (Å²) in [7, 11) is 0. The second-order valence-corrected chi connectivity index (χ2v) is 6.23. The zero-order valence-corrected chi connectivity index (χ0v) is 13.9. The Morgan fingerprint density at radius 2 is 2.00 bits per heavy atom. The molecular formula is C17H15ClFN3O3. The van der Waals surface area contributed by atoms with E-state index in [1.165, 1.54) is 30.3 Å². The van der Waals surface area contributed by atoms with Crippen LogP contribution in [0.25, 0.3) is 0 Å². The van der Waals surface area contributed by atoms with E-state index < -0.39 is 11.0 Å². The second-order valence-electron chi connectivity index (χ2n) is 5.79. The van der Waals surface area contributed by atoms with Crippen LogP contribution in [-0.4, -0.2) is 28.3 Å². The molecule has 1 aliphatic rings. The zero-order chi connectivity index (χ0) is 18.0. The normalized spacial score (nSPS) is 17.0. The van der Waals surface area contributed by atoms with E-state index in [4.69, 9.17) is 11.6 Å². The number of rotatable bonds is 5. The van der Waals surface area contributed by atoms with Crippen LogP contribution < -0.4 is 5.32 Å². The summed E-state index contributed by atoms with van der Waals surface area (Å²) < 4.78 is 13.0. The molecule has 0 radical (unpaired) electrons. The van der Waals surface area contributed by atoms with Gasteiger partial charge in [0.2, 0.25) is 5.91 Å². The number of carbonyl (C=O) groups is 1. The van der Waals surface area contributed by atoms with Gasteiger partial charge < -0.3 is 10.2 Å². The summed E-state index contributed by atoms with van der Waals surface area (Å²) in [6.07, 6.45) is 0.528. The molecule has 130 valence electrons. The van der Waals surface area contributed by atoms with Gasteiger partial charge in [0.1, 0.15) is 17.5 Å². The minimum Gasteiger partial charge on any atom is -0.368 e. The molecule has 1 heterocycles. The Morgan fingerprint density at radius 1 is 1.28 bits per heavy atom. The monoisotopic (exact) mass is 363 g/mol. The van der Waals surface area contributed by atoms with Gasteiger partial charge in [-0.1, -0.05) is 23.7 Å². The predicted octanol–water partition coefficient (Wildman–Crippen LogP) is 3.60. The Bertz CT molecular complexity index is 813. The molecule has 0 bridgehead atoms. The molecule has 6 nitrogen and oxygen atoms in total. The van der Waals surface area contributed by atoms with Crippen molar-refractivity contribution in [1.82, 2.24) is 4.90 Å². The molecule has 1 aliphatic heterocycles. The van der Waals surface area contributed by atoms with Crippen molar-refractivity contribution in [3.8, 4) is 0 Å². The minimum atomic E-state index is -0.541. The van der Waals surface area contributed by atoms with E-state index in [1.807, 2.05) is 0 Å². The number of carbonyl (C=O) groups excluding carboxylic acids is 1. The van der Waals surface area contributed by atoms with Crippen molar-refractivity contribution in [1.29, 1.82) is 0 Å². The summed E-state index contributed by atoms with van der Waals surface area (Å²) in [5.74, 6) is -0.473. The molecule has 3 rings (SSSR count). The Hall–Kier alpha value is -2.67. The predicted molar refractivity (Wildman–Crippen MR) is 92.0 cm³/mol. The van der Waals surface area contributed by atoms with Crippen LogP contribution in [0.2, 0.25) is 5.02 Å². The fourth-order valence-electron chi connectivity index (χ4n) is 2.81. The second kappa shape index (κ2) is 7.06. The van der Waals surface area contributed by atoms with Crippen LogP contribution in [0.1, 0.15) is 12.0 Å². The highest BCUT2D eigenvalue weighted by molar-refractivity contribution is 6.30. The van der Waals surface area contributed by atoms with Crippen LogP contribution in [0.5, 0.6) is 0 Å². The van der Waals surface area contributed by atoms with E-state index in [9.17, 15) is 19.3 Å². The Kier molecular flexibility index (Phi) is 4.85. The fourth-order valence-corrected chi connectivity index (χ4v) is 2.97. The lowest BCUT2D eigenvalue weighted by Crippen LogP contribution is -2.33. The Morgan fingerprint density at radius 3 is 2.68 bits per heavy atom. The highest BCUT2D eigenvalue weighted by Crippen LogP contribution is 2.30. The number of nitrogens with one attached hydrogen (secondary N) is 1.